The van der Waals surface area contributed by atoms with Crippen LogP contribution in [0.3, 0.4) is 0 Å². The molecule has 0 saturated carbocycles. The van der Waals surface area contributed by atoms with Crippen molar-refractivity contribution in [2.45, 2.75) is 206 Å². The van der Waals surface area contributed by atoms with Crippen molar-refractivity contribution in [2.75, 3.05) is 0 Å². The van der Waals surface area contributed by atoms with Crippen LogP contribution in [0.25, 0.3) is 0 Å². The van der Waals surface area contributed by atoms with Gasteiger partial charge in [-0.05, 0) is 6.92 Å². The minimum Gasteiger partial charge on any atom is -0.0916 e. The smallest absolute Gasteiger partial charge is 0.0916 e. The fourth-order valence-corrected chi connectivity index (χ4v) is 29.9. The molecule has 2 fully saturated rings. The minimum atomic E-state index is -2.66. The molecule has 2 aliphatic rings. The summed E-state index contributed by atoms with van der Waals surface area (Å²) in [7, 11) is -2.14. The van der Waals surface area contributed by atoms with Gasteiger partial charge in [0.15, 0.2) is 0 Å². The van der Waals surface area contributed by atoms with Crippen LogP contribution in [0.1, 0.15) is 140 Å². The van der Waals surface area contributed by atoms with Gasteiger partial charge >= 0.3 is 268 Å². The van der Waals surface area contributed by atoms with E-state index >= 15 is 0 Å². The Hall–Kier alpha value is 0.0756. The van der Waals surface area contributed by atoms with Gasteiger partial charge in [-0.2, -0.15) is 0 Å². The summed E-state index contributed by atoms with van der Waals surface area (Å²) in [6, 6.07) is 0. The normalized spacial score (nSPS) is 24.0. The summed E-state index contributed by atoms with van der Waals surface area (Å²) in [4.78, 5) is 0. The molecule has 4 nitrogen and oxygen atoms in total. The van der Waals surface area contributed by atoms with Crippen molar-refractivity contribution in [1.82, 2.24) is 0 Å². The first-order chi connectivity index (χ1) is 21.3. The Morgan fingerprint density at radius 1 is 0.956 bits per heavy atom. The summed E-state index contributed by atoms with van der Waals surface area (Å²) >= 11 is -2.66. The van der Waals surface area contributed by atoms with Crippen LogP contribution in [0.2, 0.25) is 29.9 Å². The van der Waals surface area contributed by atoms with E-state index in [0.29, 0.717) is 23.0 Å². The number of hydrogen-bond donors (Lipinski definition) is 1. The molecular weight excluding hydrogens is 679 g/mol. The summed E-state index contributed by atoms with van der Waals surface area (Å²) < 4.78 is 26.9. The van der Waals surface area contributed by atoms with Gasteiger partial charge in [-0.1, -0.05) is 12.2 Å². The fourth-order valence-electron chi connectivity index (χ4n) is 8.51. The van der Waals surface area contributed by atoms with Crippen LogP contribution in [-0.4, -0.2) is 68.4 Å². The molecule has 2 rings (SSSR count). The number of hydrogen-bond acceptors (Lipinski definition) is 4. The Morgan fingerprint density at radius 2 is 1.49 bits per heavy atom. The number of rotatable bonds is 24. The standard InChI is InChI=1S/C27H47O4Si.3C4H9.Sn/c1-10-12-14-22(28)15-16-23-21(9)17-25(29-23)27-26(30-27)24(13-11-2)31-32(18(3)4,19(5)6)20(7)8;3*1-3-4-2;/h10,12,18-20,22-28H,2,9,13-17H2,1,3-8H3;3*1,3-4H2,2H3;/b12-10+;;;;/t22-,23+,24-,25+,26-,27+;;;;/m1..../s1. The quantitative estimate of drug-likeness (QED) is 0.0606. The van der Waals surface area contributed by atoms with Crippen molar-refractivity contribution >= 4 is 26.7 Å². The Bertz CT molecular complexity index is 871. The first-order valence-corrected chi connectivity index (χ1v) is 28.6. The van der Waals surface area contributed by atoms with Gasteiger partial charge in [0.05, 0.1) is 0 Å². The SMILES string of the molecule is C=C1C[C@@H]([C@@H]2O[C@@H]2[C@@H](C[C](=C)[Sn]([CH2]CCC)([CH2]CCC)[CH2]CCC)O[Si](C(C)C)(C(C)C)C(C)C)O[C@H]1CC[C@H](O)C/C=C/C. The molecule has 2 heterocycles. The summed E-state index contributed by atoms with van der Waals surface area (Å²) in [5.74, 6) is 0. The van der Waals surface area contributed by atoms with Gasteiger partial charge in [0.2, 0.25) is 0 Å². The van der Waals surface area contributed by atoms with Gasteiger partial charge in [-0.3, -0.25) is 0 Å². The second-order valence-corrected chi connectivity index (χ2v) is 34.5. The minimum absolute atomic E-state index is 0.00544. The zero-order chi connectivity index (χ0) is 33.8. The first kappa shape index (κ1) is 41.2. The van der Waals surface area contributed by atoms with Crippen molar-refractivity contribution in [3.8, 4) is 0 Å². The van der Waals surface area contributed by atoms with Crippen LogP contribution in [0.4, 0.5) is 0 Å². The van der Waals surface area contributed by atoms with Crippen LogP contribution in [0.15, 0.2) is 34.5 Å². The Labute approximate surface area is 285 Å². The number of aliphatic hydroxyl groups is 1. The molecule has 0 radical (unpaired) electrons. The van der Waals surface area contributed by atoms with E-state index in [1.807, 2.05) is 19.1 Å². The Balaban J connectivity index is 2.34. The maximum absolute atomic E-state index is 10.4. The van der Waals surface area contributed by atoms with Crippen LogP contribution >= 0.6 is 0 Å². The third-order valence-corrected chi connectivity index (χ3v) is 33.5. The van der Waals surface area contributed by atoms with Crippen LogP contribution in [0, 0.1) is 0 Å². The number of ether oxygens (including phenoxy) is 2. The molecule has 2 saturated heterocycles. The average Bonchev–Trinajstić information content (AvgIpc) is 3.71. The van der Waals surface area contributed by atoms with E-state index in [2.05, 4.69) is 68.9 Å². The first-order valence-electron chi connectivity index (χ1n) is 19.0. The number of aliphatic hydroxyl groups excluding tert-OH is 1. The van der Waals surface area contributed by atoms with Gasteiger partial charge in [-0.15, -0.1) is 0 Å². The van der Waals surface area contributed by atoms with E-state index in [1.165, 1.54) is 51.8 Å². The molecule has 0 spiro atoms. The topological polar surface area (TPSA) is 51.2 Å². The van der Waals surface area contributed by atoms with Crippen molar-refractivity contribution in [2.24, 2.45) is 0 Å². The third-order valence-electron chi connectivity index (χ3n) is 11.2. The zero-order valence-electron chi connectivity index (χ0n) is 31.3. The molecule has 0 aromatic rings. The molecule has 6 atom stereocenters. The van der Waals surface area contributed by atoms with E-state index in [1.54, 1.807) is 3.59 Å². The third kappa shape index (κ3) is 11.3. The molecule has 0 unspecified atom stereocenters. The molecule has 0 amide bonds. The molecule has 2 aliphatic heterocycles. The molecule has 262 valence electrons. The maximum atomic E-state index is 10.4. The van der Waals surface area contributed by atoms with Crippen molar-refractivity contribution in [3.05, 3.63) is 34.5 Å². The average molecular weight is 754 g/mol. The zero-order valence-corrected chi connectivity index (χ0v) is 35.2. The van der Waals surface area contributed by atoms with Crippen LogP contribution < -0.4 is 0 Å². The fraction of sp³-hybridized carbons (Fsp3) is 0.846. The van der Waals surface area contributed by atoms with E-state index in [4.69, 9.17) is 20.5 Å². The summed E-state index contributed by atoms with van der Waals surface area (Å²) in [6.07, 6.45) is 15.9. The summed E-state index contributed by atoms with van der Waals surface area (Å²) in [5.41, 5.74) is 2.73. The number of allylic oxidation sites excluding steroid dienone is 1. The molecule has 1 N–H and O–H groups in total. The second kappa shape index (κ2) is 19.9. The van der Waals surface area contributed by atoms with E-state index < -0.39 is 26.7 Å². The molecule has 0 aromatic carbocycles. The molecule has 0 bridgehead atoms. The second-order valence-electron chi connectivity index (χ2n) is 15.5. The van der Waals surface area contributed by atoms with Gasteiger partial charge in [-0.25, -0.2) is 0 Å². The predicted octanol–water partition coefficient (Wildman–Crippen LogP) is 11.5. The Morgan fingerprint density at radius 3 is 1.96 bits per heavy atom. The monoisotopic (exact) mass is 754 g/mol. The van der Waals surface area contributed by atoms with Crippen LogP contribution in [-0.2, 0) is 13.9 Å². The summed E-state index contributed by atoms with van der Waals surface area (Å²) in [5, 5.41) is 10.4. The molecule has 0 aromatic heterocycles. The van der Waals surface area contributed by atoms with Crippen molar-refractivity contribution in [1.29, 1.82) is 0 Å². The molecule has 6 heteroatoms. The van der Waals surface area contributed by atoms with E-state index in [9.17, 15) is 5.11 Å². The van der Waals surface area contributed by atoms with Crippen LogP contribution in [0.5, 0.6) is 0 Å². The Kier molecular flexibility index (Phi) is 18.3. The predicted molar refractivity (Wildman–Crippen MR) is 200 cm³/mol. The van der Waals surface area contributed by atoms with Crippen molar-refractivity contribution in [3.63, 3.8) is 0 Å². The van der Waals surface area contributed by atoms with Gasteiger partial charge in [0.25, 0.3) is 0 Å². The molecule has 0 aliphatic carbocycles. The van der Waals surface area contributed by atoms with E-state index in [-0.39, 0.29) is 36.6 Å². The molecular formula is C39H74O4SiSn. The van der Waals surface area contributed by atoms with Crippen molar-refractivity contribution < 1.29 is 19.0 Å². The van der Waals surface area contributed by atoms with Gasteiger partial charge < -0.3 is 0 Å². The van der Waals surface area contributed by atoms with Gasteiger partial charge in [0, 0.05) is 0 Å². The van der Waals surface area contributed by atoms with E-state index in [0.717, 1.165) is 31.3 Å². The molecule has 45 heavy (non-hydrogen) atoms. The number of epoxide rings is 1. The number of unbranched alkanes of at least 4 members (excludes halogenated alkanes) is 3. The summed E-state index contributed by atoms with van der Waals surface area (Å²) in [6.45, 7) is 32.9. The van der Waals surface area contributed by atoms with Gasteiger partial charge in [0.1, 0.15) is 0 Å².